The van der Waals surface area contributed by atoms with E-state index >= 15 is 0 Å². The average Bonchev–Trinajstić information content (AvgIpc) is 3.54. The predicted octanol–water partition coefficient (Wildman–Crippen LogP) is 5.08. The van der Waals surface area contributed by atoms with Crippen LogP contribution in [0.3, 0.4) is 0 Å². The van der Waals surface area contributed by atoms with E-state index in [4.69, 9.17) is 9.15 Å². The topological polar surface area (TPSA) is 110 Å². The molecular formula is C26H20N2O6S. The van der Waals surface area contributed by atoms with Crippen LogP contribution in [0.4, 0.5) is 5.13 Å². The number of aliphatic hydroxyl groups excluding tert-OH is 1. The van der Waals surface area contributed by atoms with E-state index in [1.807, 2.05) is 25.1 Å². The largest absolute Gasteiger partial charge is 0.503 e. The molecule has 4 aromatic rings. The van der Waals surface area contributed by atoms with Crippen molar-refractivity contribution in [2.75, 3.05) is 12.0 Å². The van der Waals surface area contributed by atoms with Crippen molar-refractivity contribution in [3.63, 3.8) is 0 Å². The Balaban J connectivity index is 1.66. The first-order valence-corrected chi connectivity index (χ1v) is 11.5. The minimum absolute atomic E-state index is 0.00908. The highest BCUT2D eigenvalue weighted by molar-refractivity contribution is 7.22. The summed E-state index contributed by atoms with van der Waals surface area (Å²) in [7, 11) is 1.28. The number of thiazole rings is 1. The Hall–Kier alpha value is -4.24. The van der Waals surface area contributed by atoms with Crippen LogP contribution in [0.25, 0.3) is 10.2 Å². The van der Waals surface area contributed by atoms with Crippen LogP contribution < -0.4 is 4.90 Å². The minimum Gasteiger partial charge on any atom is -0.503 e. The van der Waals surface area contributed by atoms with Crippen molar-refractivity contribution in [1.29, 1.82) is 0 Å². The van der Waals surface area contributed by atoms with Crippen molar-refractivity contribution < 1.29 is 28.6 Å². The maximum absolute atomic E-state index is 13.4. The number of aromatic nitrogens is 1. The molecule has 35 heavy (non-hydrogen) atoms. The number of aliphatic hydroxyl groups is 1. The third kappa shape index (κ3) is 3.79. The number of fused-ring (bicyclic) bond motifs is 1. The Bertz CT molecular complexity index is 1530. The normalized spacial score (nSPS) is 15.8. The number of hydrogen-bond donors (Lipinski definition) is 1. The van der Waals surface area contributed by atoms with Crippen molar-refractivity contribution >= 4 is 44.3 Å². The number of furan rings is 1. The molecule has 1 amide bonds. The summed E-state index contributed by atoms with van der Waals surface area (Å²) in [6.45, 7) is 3.66. The Morgan fingerprint density at radius 1 is 1.09 bits per heavy atom. The highest BCUT2D eigenvalue weighted by atomic mass is 32.1. The van der Waals surface area contributed by atoms with Gasteiger partial charge in [-0.15, -0.1) is 0 Å². The smallest absolute Gasteiger partial charge is 0.337 e. The highest BCUT2D eigenvalue weighted by Gasteiger charge is 2.46. The maximum Gasteiger partial charge on any atom is 0.337 e. The van der Waals surface area contributed by atoms with E-state index in [9.17, 15) is 19.5 Å². The molecule has 1 N–H and O–H groups in total. The van der Waals surface area contributed by atoms with Gasteiger partial charge in [0.2, 0.25) is 5.78 Å². The molecule has 0 bridgehead atoms. The van der Waals surface area contributed by atoms with E-state index < -0.39 is 29.5 Å². The number of ether oxygens (including phenoxy) is 1. The molecule has 3 heterocycles. The van der Waals surface area contributed by atoms with Gasteiger partial charge < -0.3 is 14.3 Å². The minimum atomic E-state index is -0.978. The summed E-state index contributed by atoms with van der Waals surface area (Å²) >= 11 is 1.29. The summed E-state index contributed by atoms with van der Waals surface area (Å²) in [6.07, 6.45) is 0. The number of Topliss-reactive ketones (excluding diaryl/α,β-unsaturated/α-hetero) is 1. The summed E-state index contributed by atoms with van der Waals surface area (Å²) in [5.74, 6) is -2.00. The molecule has 1 unspecified atom stereocenters. The quantitative estimate of drug-likeness (QED) is 0.308. The zero-order chi connectivity index (χ0) is 24.9. The second-order valence-electron chi connectivity index (χ2n) is 8.16. The third-order valence-corrected chi connectivity index (χ3v) is 6.82. The lowest BCUT2D eigenvalue weighted by Crippen LogP contribution is -2.31. The number of esters is 1. The van der Waals surface area contributed by atoms with Gasteiger partial charge in [-0.05, 0) is 61.4 Å². The van der Waals surface area contributed by atoms with Crippen LogP contribution >= 0.6 is 11.3 Å². The number of rotatable bonds is 5. The van der Waals surface area contributed by atoms with E-state index in [1.165, 1.54) is 29.4 Å². The molecule has 0 radical (unpaired) electrons. The number of ketones is 1. The molecule has 1 aliphatic heterocycles. The zero-order valence-corrected chi connectivity index (χ0v) is 19.9. The van der Waals surface area contributed by atoms with Crippen LogP contribution in [-0.4, -0.2) is 34.9 Å². The molecule has 5 rings (SSSR count). The van der Waals surface area contributed by atoms with Crippen molar-refractivity contribution in [3.8, 4) is 0 Å². The number of benzene rings is 2. The molecule has 0 saturated carbocycles. The van der Waals surface area contributed by atoms with Crippen LogP contribution in [-0.2, 0) is 9.53 Å². The molecule has 0 aliphatic carbocycles. The monoisotopic (exact) mass is 488 g/mol. The van der Waals surface area contributed by atoms with Crippen molar-refractivity contribution in [1.82, 2.24) is 4.98 Å². The second kappa shape index (κ2) is 8.52. The lowest BCUT2D eigenvalue weighted by atomic mass is 9.94. The molecule has 1 atom stereocenters. The number of hydrogen-bond acceptors (Lipinski definition) is 8. The van der Waals surface area contributed by atoms with Gasteiger partial charge in [-0.3, -0.25) is 14.5 Å². The van der Waals surface area contributed by atoms with Gasteiger partial charge in [0.15, 0.2) is 16.7 Å². The summed E-state index contributed by atoms with van der Waals surface area (Å²) in [6, 6.07) is 14.2. The van der Waals surface area contributed by atoms with Gasteiger partial charge in [0.05, 0.1) is 34.5 Å². The first-order valence-electron chi connectivity index (χ1n) is 10.7. The Kier molecular flexibility index (Phi) is 5.49. The first-order chi connectivity index (χ1) is 16.8. The number of methoxy groups -OCH3 is 1. The number of amides is 1. The van der Waals surface area contributed by atoms with Gasteiger partial charge in [0, 0.05) is 0 Å². The fourth-order valence-corrected chi connectivity index (χ4v) is 5.17. The van der Waals surface area contributed by atoms with E-state index in [0.717, 1.165) is 10.3 Å². The molecule has 0 spiro atoms. The molecular weight excluding hydrogens is 468 g/mol. The fraction of sp³-hybridized carbons (Fsp3) is 0.154. The zero-order valence-electron chi connectivity index (χ0n) is 19.1. The summed E-state index contributed by atoms with van der Waals surface area (Å²) in [5, 5.41) is 11.2. The lowest BCUT2D eigenvalue weighted by molar-refractivity contribution is -0.117. The Labute approximate surface area is 204 Å². The lowest BCUT2D eigenvalue weighted by Gasteiger charge is -2.24. The summed E-state index contributed by atoms with van der Waals surface area (Å²) in [5.41, 5.74) is 2.44. The van der Waals surface area contributed by atoms with Crippen LogP contribution in [0, 0.1) is 13.8 Å². The van der Waals surface area contributed by atoms with Gasteiger partial charge in [-0.1, -0.05) is 29.5 Å². The SMILES string of the molecule is COC(=O)c1ccc(C2C(C(=O)c3ccc(C)o3)=C(O)C(=O)N2c2nc3ccc(C)cc3s2)cc1. The van der Waals surface area contributed by atoms with E-state index in [0.29, 0.717) is 27.5 Å². The second-order valence-corrected chi connectivity index (χ2v) is 9.17. The van der Waals surface area contributed by atoms with Gasteiger partial charge in [0.25, 0.3) is 5.91 Å². The number of anilines is 1. The predicted molar refractivity (Wildman–Crippen MR) is 130 cm³/mol. The Morgan fingerprint density at radius 2 is 1.83 bits per heavy atom. The van der Waals surface area contributed by atoms with E-state index in [1.54, 1.807) is 37.3 Å². The van der Waals surface area contributed by atoms with Crippen LogP contribution in [0.2, 0.25) is 0 Å². The summed E-state index contributed by atoms with van der Waals surface area (Å²) in [4.78, 5) is 44.6. The van der Waals surface area contributed by atoms with E-state index in [2.05, 4.69) is 4.98 Å². The van der Waals surface area contributed by atoms with Crippen molar-refractivity contribution in [2.45, 2.75) is 19.9 Å². The van der Waals surface area contributed by atoms with Gasteiger partial charge >= 0.3 is 5.97 Å². The van der Waals surface area contributed by atoms with Crippen molar-refractivity contribution in [3.05, 3.63) is 94.1 Å². The Morgan fingerprint density at radius 3 is 2.49 bits per heavy atom. The van der Waals surface area contributed by atoms with Gasteiger partial charge in [-0.25, -0.2) is 9.78 Å². The van der Waals surface area contributed by atoms with E-state index in [-0.39, 0.29) is 11.3 Å². The molecule has 0 fully saturated rings. The maximum atomic E-state index is 13.4. The van der Waals surface area contributed by atoms with Crippen LogP contribution in [0.15, 0.2) is 70.3 Å². The molecule has 8 nitrogen and oxygen atoms in total. The van der Waals surface area contributed by atoms with Gasteiger partial charge in [-0.2, -0.15) is 0 Å². The number of carbonyl (C=O) groups is 3. The fourth-order valence-electron chi connectivity index (χ4n) is 4.08. The highest BCUT2D eigenvalue weighted by Crippen LogP contribution is 2.44. The third-order valence-electron chi connectivity index (χ3n) is 5.80. The number of nitrogens with zero attached hydrogens (tertiary/aromatic N) is 2. The molecule has 2 aromatic carbocycles. The number of carbonyl (C=O) groups excluding carboxylic acids is 3. The molecule has 176 valence electrons. The number of aryl methyl sites for hydroxylation is 2. The average molecular weight is 489 g/mol. The van der Waals surface area contributed by atoms with Crippen LogP contribution in [0.5, 0.6) is 0 Å². The summed E-state index contributed by atoms with van der Waals surface area (Å²) < 4.78 is 11.1. The van der Waals surface area contributed by atoms with Crippen LogP contribution in [0.1, 0.15) is 43.8 Å². The molecule has 2 aromatic heterocycles. The first kappa shape index (κ1) is 22.5. The molecule has 0 saturated heterocycles. The molecule has 9 heteroatoms. The molecule has 1 aliphatic rings. The van der Waals surface area contributed by atoms with Crippen molar-refractivity contribution in [2.24, 2.45) is 0 Å². The van der Waals surface area contributed by atoms with Gasteiger partial charge in [0.1, 0.15) is 5.76 Å². The standard InChI is InChI=1S/C26H20N2O6S/c1-13-4-10-17-19(12-13)35-26(27-17)28-21(15-6-8-16(9-7-15)25(32)33-3)20(23(30)24(28)31)22(29)18-11-5-14(2)34-18/h4-12,21,30H,1-3H3.